The number of carbonyl (C=O) groups is 2. The van der Waals surface area contributed by atoms with Gasteiger partial charge in [0.15, 0.2) is 0 Å². The zero-order valence-electron chi connectivity index (χ0n) is 10.9. The average Bonchev–Trinajstić information content (AvgIpc) is 2.12. The third kappa shape index (κ3) is 5.14. The van der Waals surface area contributed by atoms with Crippen LogP contribution in [0, 0.1) is 11.8 Å². The minimum absolute atomic E-state index is 0.0667. The molecule has 16 heavy (non-hydrogen) atoms. The Hall–Kier alpha value is -1.06. The second-order valence-corrected chi connectivity index (χ2v) is 4.93. The van der Waals surface area contributed by atoms with E-state index in [9.17, 15) is 9.59 Å². The lowest BCUT2D eigenvalue weighted by atomic mass is 9.94. The highest BCUT2D eigenvalue weighted by atomic mass is 16.4. The predicted octanol–water partition coefficient (Wildman–Crippen LogP) is 1.99. The average molecular weight is 229 g/mol. The number of aliphatic carboxylic acids is 1. The van der Waals surface area contributed by atoms with E-state index in [1.807, 2.05) is 20.8 Å². The van der Waals surface area contributed by atoms with Gasteiger partial charge in [-0.05, 0) is 25.7 Å². The first-order valence-corrected chi connectivity index (χ1v) is 5.77. The normalized spacial score (nSPS) is 12.9. The Bertz CT molecular complexity index is 249. The van der Waals surface area contributed by atoms with E-state index >= 15 is 0 Å². The molecule has 1 atom stereocenters. The summed E-state index contributed by atoms with van der Waals surface area (Å²) in [5.41, 5.74) is 0. The van der Waals surface area contributed by atoms with Crippen LogP contribution in [0.2, 0.25) is 0 Å². The minimum Gasteiger partial charge on any atom is -0.480 e. The number of hydrogen-bond donors (Lipinski definition) is 1. The van der Waals surface area contributed by atoms with Gasteiger partial charge in [0, 0.05) is 12.5 Å². The molecule has 0 saturated carbocycles. The monoisotopic (exact) mass is 229 g/mol. The van der Waals surface area contributed by atoms with E-state index < -0.39 is 5.97 Å². The summed E-state index contributed by atoms with van der Waals surface area (Å²) in [6, 6.07) is -0.0667. The maximum atomic E-state index is 11.9. The van der Waals surface area contributed by atoms with Crippen LogP contribution in [0.5, 0.6) is 0 Å². The molecule has 4 nitrogen and oxygen atoms in total. The van der Waals surface area contributed by atoms with Crippen LogP contribution in [0.4, 0.5) is 0 Å². The first-order valence-electron chi connectivity index (χ1n) is 5.77. The summed E-state index contributed by atoms with van der Waals surface area (Å²) in [6.07, 6.45) is 0.420. The number of rotatable bonds is 6. The fourth-order valence-electron chi connectivity index (χ4n) is 1.33. The van der Waals surface area contributed by atoms with Gasteiger partial charge in [0.05, 0.1) is 0 Å². The molecule has 0 radical (unpaired) electrons. The Labute approximate surface area is 97.6 Å². The molecule has 94 valence electrons. The SMILES string of the molecule is CC(C)C(C)CC(=O)N(CC(=O)O)C(C)C. The number of nitrogens with zero attached hydrogens (tertiary/aromatic N) is 1. The maximum absolute atomic E-state index is 11.9. The molecule has 4 heteroatoms. The fraction of sp³-hybridized carbons (Fsp3) is 0.833. The van der Waals surface area contributed by atoms with Crippen molar-refractivity contribution >= 4 is 11.9 Å². The lowest BCUT2D eigenvalue weighted by Gasteiger charge is -2.27. The number of hydrogen-bond acceptors (Lipinski definition) is 2. The second kappa shape index (κ2) is 6.51. The van der Waals surface area contributed by atoms with Crippen molar-refractivity contribution in [2.75, 3.05) is 6.54 Å². The van der Waals surface area contributed by atoms with E-state index in [1.165, 1.54) is 4.90 Å². The highest BCUT2D eigenvalue weighted by Crippen LogP contribution is 2.16. The molecule has 1 N–H and O–H groups in total. The lowest BCUT2D eigenvalue weighted by molar-refractivity contribution is -0.146. The molecule has 0 bridgehead atoms. The van der Waals surface area contributed by atoms with Gasteiger partial charge in [0.1, 0.15) is 6.54 Å². The Kier molecular flexibility index (Phi) is 6.08. The summed E-state index contributed by atoms with van der Waals surface area (Å²) in [6.45, 7) is 9.61. The maximum Gasteiger partial charge on any atom is 0.323 e. The van der Waals surface area contributed by atoms with Crippen LogP contribution >= 0.6 is 0 Å². The van der Waals surface area contributed by atoms with Crippen LogP contribution in [0.15, 0.2) is 0 Å². The fourth-order valence-corrected chi connectivity index (χ4v) is 1.33. The molecule has 0 fully saturated rings. The van der Waals surface area contributed by atoms with Crippen molar-refractivity contribution in [3.05, 3.63) is 0 Å². The van der Waals surface area contributed by atoms with Crippen molar-refractivity contribution in [3.63, 3.8) is 0 Å². The molecule has 1 amide bonds. The van der Waals surface area contributed by atoms with Crippen molar-refractivity contribution in [1.29, 1.82) is 0 Å². The molecule has 0 heterocycles. The molecule has 0 aromatic rings. The van der Waals surface area contributed by atoms with Gasteiger partial charge in [-0.25, -0.2) is 0 Å². The minimum atomic E-state index is -0.959. The lowest BCUT2D eigenvalue weighted by Crippen LogP contribution is -2.41. The molecule has 0 aliphatic heterocycles. The topological polar surface area (TPSA) is 57.6 Å². The van der Waals surface area contributed by atoms with Crippen LogP contribution in [0.1, 0.15) is 41.0 Å². The molecule has 0 aromatic heterocycles. The standard InChI is InChI=1S/C12H23NO3/c1-8(2)10(5)6-11(14)13(9(3)4)7-12(15)16/h8-10H,6-7H2,1-5H3,(H,15,16). The Morgan fingerprint density at radius 2 is 1.62 bits per heavy atom. The van der Waals surface area contributed by atoms with Crippen molar-refractivity contribution in [2.45, 2.75) is 47.1 Å². The Balaban J connectivity index is 4.45. The molecule has 0 aliphatic rings. The van der Waals surface area contributed by atoms with Gasteiger partial charge in [-0.1, -0.05) is 20.8 Å². The van der Waals surface area contributed by atoms with Crippen LogP contribution in [-0.4, -0.2) is 34.5 Å². The number of carboxylic acids is 1. The van der Waals surface area contributed by atoms with Crippen LogP contribution < -0.4 is 0 Å². The van der Waals surface area contributed by atoms with E-state index in [-0.39, 0.29) is 24.4 Å². The van der Waals surface area contributed by atoms with Gasteiger partial charge >= 0.3 is 5.97 Å². The van der Waals surface area contributed by atoms with E-state index in [1.54, 1.807) is 0 Å². The Morgan fingerprint density at radius 3 is 1.94 bits per heavy atom. The van der Waals surface area contributed by atoms with Crippen LogP contribution in [0.25, 0.3) is 0 Å². The highest BCUT2D eigenvalue weighted by molar-refractivity contribution is 5.81. The highest BCUT2D eigenvalue weighted by Gasteiger charge is 2.22. The van der Waals surface area contributed by atoms with E-state index in [0.717, 1.165) is 0 Å². The predicted molar refractivity (Wildman–Crippen MR) is 63.1 cm³/mol. The largest absolute Gasteiger partial charge is 0.480 e. The van der Waals surface area contributed by atoms with Crippen molar-refractivity contribution in [2.24, 2.45) is 11.8 Å². The Morgan fingerprint density at radius 1 is 1.12 bits per heavy atom. The van der Waals surface area contributed by atoms with Gasteiger partial charge in [0.2, 0.25) is 5.91 Å². The third-order valence-electron chi connectivity index (χ3n) is 2.88. The van der Waals surface area contributed by atoms with Crippen LogP contribution in [0.3, 0.4) is 0 Å². The molecule has 0 aliphatic carbocycles. The summed E-state index contributed by atoms with van der Waals surface area (Å²) in [5.74, 6) is -0.316. The van der Waals surface area contributed by atoms with Crippen molar-refractivity contribution in [1.82, 2.24) is 4.90 Å². The van der Waals surface area contributed by atoms with Gasteiger partial charge in [-0.2, -0.15) is 0 Å². The summed E-state index contributed by atoms with van der Waals surface area (Å²) in [7, 11) is 0. The van der Waals surface area contributed by atoms with E-state index in [4.69, 9.17) is 5.11 Å². The van der Waals surface area contributed by atoms with Crippen molar-refractivity contribution in [3.8, 4) is 0 Å². The number of carboxylic acid groups (broad SMARTS) is 1. The van der Waals surface area contributed by atoms with E-state index in [0.29, 0.717) is 12.3 Å². The quantitative estimate of drug-likeness (QED) is 0.757. The second-order valence-electron chi connectivity index (χ2n) is 4.93. The number of carbonyl (C=O) groups excluding carboxylic acids is 1. The van der Waals surface area contributed by atoms with Gasteiger partial charge in [0.25, 0.3) is 0 Å². The number of amides is 1. The summed E-state index contributed by atoms with van der Waals surface area (Å²) < 4.78 is 0. The molecular weight excluding hydrogens is 206 g/mol. The molecule has 1 unspecified atom stereocenters. The summed E-state index contributed by atoms with van der Waals surface area (Å²) in [5, 5.41) is 8.73. The summed E-state index contributed by atoms with van der Waals surface area (Å²) in [4.78, 5) is 24.0. The molecule has 0 rings (SSSR count). The molecular formula is C12H23NO3. The van der Waals surface area contributed by atoms with Crippen molar-refractivity contribution < 1.29 is 14.7 Å². The summed E-state index contributed by atoms with van der Waals surface area (Å²) >= 11 is 0. The first kappa shape index (κ1) is 14.9. The zero-order valence-corrected chi connectivity index (χ0v) is 10.9. The molecule has 0 spiro atoms. The smallest absolute Gasteiger partial charge is 0.323 e. The first-order chi connectivity index (χ1) is 7.25. The zero-order chi connectivity index (χ0) is 12.9. The van der Waals surface area contributed by atoms with Gasteiger partial charge in [-0.3, -0.25) is 9.59 Å². The van der Waals surface area contributed by atoms with E-state index in [2.05, 4.69) is 13.8 Å². The molecule has 0 saturated heterocycles. The van der Waals surface area contributed by atoms with Gasteiger partial charge in [-0.15, -0.1) is 0 Å². The molecule has 0 aromatic carbocycles. The van der Waals surface area contributed by atoms with Gasteiger partial charge < -0.3 is 10.0 Å². The third-order valence-corrected chi connectivity index (χ3v) is 2.88. The van der Waals surface area contributed by atoms with Crippen LogP contribution in [-0.2, 0) is 9.59 Å².